The van der Waals surface area contributed by atoms with Gasteiger partial charge in [-0.1, -0.05) is 268 Å². The summed E-state index contributed by atoms with van der Waals surface area (Å²) in [6.07, 6.45) is 73.0. The molecule has 6 heteroatoms. The van der Waals surface area contributed by atoms with E-state index in [-0.39, 0.29) is 31.1 Å². The highest BCUT2D eigenvalue weighted by atomic mass is 16.6. The summed E-state index contributed by atoms with van der Waals surface area (Å²) in [6.45, 7) is 6.57. The maximum atomic E-state index is 12.8. The second kappa shape index (κ2) is 58.9. The number of hydrogen-bond acceptors (Lipinski definition) is 6. The molecule has 0 saturated carbocycles. The summed E-state index contributed by atoms with van der Waals surface area (Å²) in [4.78, 5) is 37.9. The van der Waals surface area contributed by atoms with Gasteiger partial charge in [-0.05, 0) is 83.5 Å². The Morgan fingerprint density at radius 1 is 0.286 bits per heavy atom. The standard InChI is InChI=1S/C64H116O6/c1-4-7-10-13-16-18-20-22-24-26-27-28-29-30-31-32-33-34-35-36-37-39-40-42-44-46-48-51-54-57-63(66)69-60-61(59-68-62(65)56-53-50-15-12-9-6-3)70-64(67)58-55-52-49-47-45-43-41-38-25-23-21-19-17-14-11-8-5-2/h17,19-20,22-23,25-27,61H,4-16,18,21,24,28-60H2,1-3H3/b19-17-,22-20-,25-23-,27-26-. The predicted octanol–water partition coefficient (Wildman–Crippen LogP) is 20.6. The first kappa shape index (κ1) is 67.4. The SMILES string of the molecule is CCCCC/C=C\C/C=C\CCCCCCCCCC(=O)OC(COC(=O)CCCCCCCC)COC(=O)CCCCCCCCCCCCCCCCCCC/C=C\C/C=C\CCCCCCC. The first-order chi connectivity index (χ1) is 34.5. The summed E-state index contributed by atoms with van der Waals surface area (Å²) in [6, 6.07) is 0. The average molecular weight is 982 g/mol. The van der Waals surface area contributed by atoms with Gasteiger partial charge in [0.1, 0.15) is 13.2 Å². The van der Waals surface area contributed by atoms with E-state index in [4.69, 9.17) is 14.2 Å². The van der Waals surface area contributed by atoms with E-state index < -0.39 is 6.10 Å². The van der Waals surface area contributed by atoms with Gasteiger partial charge in [-0.3, -0.25) is 14.4 Å². The van der Waals surface area contributed by atoms with Crippen molar-refractivity contribution < 1.29 is 28.6 Å². The third kappa shape index (κ3) is 56.3. The summed E-state index contributed by atoms with van der Waals surface area (Å²) < 4.78 is 16.8. The molecule has 1 atom stereocenters. The minimum Gasteiger partial charge on any atom is -0.462 e. The van der Waals surface area contributed by atoms with Crippen LogP contribution in [0.15, 0.2) is 48.6 Å². The van der Waals surface area contributed by atoms with Crippen molar-refractivity contribution in [2.45, 2.75) is 329 Å². The minimum atomic E-state index is -0.772. The fourth-order valence-electron chi connectivity index (χ4n) is 8.92. The number of rotatable bonds is 56. The molecule has 70 heavy (non-hydrogen) atoms. The molecule has 0 heterocycles. The maximum Gasteiger partial charge on any atom is 0.306 e. The van der Waals surface area contributed by atoms with E-state index in [1.807, 2.05) is 0 Å². The van der Waals surface area contributed by atoms with Gasteiger partial charge >= 0.3 is 17.9 Å². The minimum absolute atomic E-state index is 0.0733. The van der Waals surface area contributed by atoms with Crippen LogP contribution in [0.1, 0.15) is 323 Å². The van der Waals surface area contributed by atoms with Crippen LogP contribution in [0.25, 0.3) is 0 Å². The summed E-state index contributed by atoms with van der Waals surface area (Å²) in [5.74, 6) is -0.877. The average Bonchev–Trinajstić information content (AvgIpc) is 3.36. The Kier molecular flexibility index (Phi) is 56.7. The van der Waals surface area contributed by atoms with Crippen LogP contribution in [0.3, 0.4) is 0 Å². The van der Waals surface area contributed by atoms with Crippen LogP contribution >= 0.6 is 0 Å². The van der Waals surface area contributed by atoms with Gasteiger partial charge in [-0.25, -0.2) is 0 Å². The zero-order valence-corrected chi connectivity index (χ0v) is 46.8. The van der Waals surface area contributed by atoms with Crippen molar-refractivity contribution in [1.29, 1.82) is 0 Å². The van der Waals surface area contributed by atoms with Gasteiger partial charge in [-0.2, -0.15) is 0 Å². The predicted molar refractivity (Wildman–Crippen MR) is 302 cm³/mol. The van der Waals surface area contributed by atoms with Crippen molar-refractivity contribution in [1.82, 2.24) is 0 Å². The molecular formula is C64H116O6. The van der Waals surface area contributed by atoms with Crippen LogP contribution < -0.4 is 0 Å². The van der Waals surface area contributed by atoms with Crippen LogP contribution in [0, 0.1) is 0 Å². The van der Waals surface area contributed by atoms with Gasteiger partial charge < -0.3 is 14.2 Å². The van der Waals surface area contributed by atoms with E-state index >= 15 is 0 Å². The number of esters is 3. The van der Waals surface area contributed by atoms with Crippen LogP contribution in [-0.2, 0) is 28.6 Å². The molecule has 0 aliphatic rings. The monoisotopic (exact) mass is 981 g/mol. The molecule has 0 N–H and O–H groups in total. The number of carbonyl (C=O) groups excluding carboxylic acids is 3. The first-order valence-electron chi connectivity index (χ1n) is 30.6. The second-order valence-electron chi connectivity index (χ2n) is 20.6. The van der Waals surface area contributed by atoms with E-state index in [0.29, 0.717) is 19.3 Å². The highest BCUT2D eigenvalue weighted by Crippen LogP contribution is 2.17. The lowest BCUT2D eigenvalue weighted by Crippen LogP contribution is -2.30. The topological polar surface area (TPSA) is 78.9 Å². The number of carbonyl (C=O) groups is 3. The molecule has 0 spiro atoms. The smallest absolute Gasteiger partial charge is 0.306 e. The number of ether oxygens (including phenoxy) is 3. The van der Waals surface area contributed by atoms with E-state index in [0.717, 1.165) is 77.0 Å². The Balaban J connectivity index is 4.02. The summed E-state index contributed by atoms with van der Waals surface area (Å²) in [5, 5.41) is 0. The quantitative estimate of drug-likeness (QED) is 0.0261. The Hall–Kier alpha value is -2.63. The highest BCUT2D eigenvalue weighted by molar-refractivity contribution is 5.71. The molecule has 0 amide bonds. The molecule has 408 valence electrons. The molecule has 0 saturated heterocycles. The Morgan fingerprint density at radius 3 is 0.814 bits per heavy atom. The molecule has 0 aromatic rings. The van der Waals surface area contributed by atoms with Gasteiger partial charge in [0.05, 0.1) is 0 Å². The third-order valence-electron chi connectivity index (χ3n) is 13.6. The summed E-state index contributed by atoms with van der Waals surface area (Å²) >= 11 is 0. The Morgan fingerprint density at radius 2 is 0.514 bits per heavy atom. The van der Waals surface area contributed by atoms with Gasteiger partial charge in [0.25, 0.3) is 0 Å². The van der Waals surface area contributed by atoms with E-state index in [2.05, 4.69) is 69.4 Å². The van der Waals surface area contributed by atoms with E-state index in [9.17, 15) is 14.4 Å². The molecule has 0 radical (unpaired) electrons. The van der Waals surface area contributed by atoms with Crippen molar-refractivity contribution in [3.63, 3.8) is 0 Å². The third-order valence-corrected chi connectivity index (χ3v) is 13.6. The fourth-order valence-corrected chi connectivity index (χ4v) is 8.92. The van der Waals surface area contributed by atoms with Gasteiger partial charge in [0.15, 0.2) is 6.10 Å². The van der Waals surface area contributed by atoms with Crippen molar-refractivity contribution >= 4 is 17.9 Å². The zero-order valence-electron chi connectivity index (χ0n) is 46.8. The molecule has 0 fully saturated rings. The van der Waals surface area contributed by atoms with Gasteiger partial charge in [-0.15, -0.1) is 0 Å². The van der Waals surface area contributed by atoms with E-state index in [1.54, 1.807) is 0 Å². The molecular weight excluding hydrogens is 865 g/mol. The Bertz CT molecular complexity index is 1220. The summed E-state index contributed by atoms with van der Waals surface area (Å²) in [7, 11) is 0. The molecule has 0 aliphatic heterocycles. The summed E-state index contributed by atoms with van der Waals surface area (Å²) in [5.41, 5.74) is 0. The van der Waals surface area contributed by atoms with Gasteiger partial charge in [0, 0.05) is 19.3 Å². The lowest BCUT2D eigenvalue weighted by atomic mass is 10.0. The highest BCUT2D eigenvalue weighted by Gasteiger charge is 2.19. The maximum absolute atomic E-state index is 12.8. The van der Waals surface area contributed by atoms with Crippen molar-refractivity contribution in [3.05, 3.63) is 48.6 Å². The van der Waals surface area contributed by atoms with Crippen LogP contribution in [-0.4, -0.2) is 37.2 Å². The number of hydrogen-bond donors (Lipinski definition) is 0. The molecule has 0 aliphatic carbocycles. The molecule has 0 aromatic carbocycles. The largest absolute Gasteiger partial charge is 0.462 e. The normalized spacial score (nSPS) is 12.3. The molecule has 1 unspecified atom stereocenters. The van der Waals surface area contributed by atoms with Crippen LogP contribution in [0.4, 0.5) is 0 Å². The number of unbranched alkanes of at least 4 members (excludes halogenated alkanes) is 37. The first-order valence-corrected chi connectivity index (χ1v) is 30.6. The van der Waals surface area contributed by atoms with Crippen LogP contribution in [0.2, 0.25) is 0 Å². The Labute approximate surface area is 435 Å². The van der Waals surface area contributed by atoms with Crippen LogP contribution in [0.5, 0.6) is 0 Å². The van der Waals surface area contributed by atoms with E-state index in [1.165, 1.54) is 205 Å². The van der Waals surface area contributed by atoms with Crippen molar-refractivity contribution in [2.24, 2.45) is 0 Å². The molecule has 0 aromatic heterocycles. The zero-order chi connectivity index (χ0) is 50.7. The lowest BCUT2D eigenvalue weighted by molar-refractivity contribution is -0.167. The molecule has 0 rings (SSSR count). The second-order valence-corrected chi connectivity index (χ2v) is 20.6. The number of allylic oxidation sites excluding steroid dienone is 8. The van der Waals surface area contributed by atoms with Crippen molar-refractivity contribution in [3.8, 4) is 0 Å². The molecule has 6 nitrogen and oxygen atoms in total. The molecule has 0 bridgehead atoms. The fraction of sp³-hybridized carbons (Fsp3) is 0.828. The van der Waals surface area contributed by atoms with Crippen molar-refractivity contribution in [2.75, 3.05) is 13.2 Å². The van der Waals surface area contributed by atoms with Gasteiger partial charge in [0.2, 0.25) is 0 Å². The lowest BCUT2D eigenvalue weighted by Gasteiger charge is -2.18.